The first-order valence-electron chi connectivity index (χ1n) is 2.61. The van der Waals surface area contributed by atoms with Crippen LogP contribution in [0.3, 0.4) is 0 Å². The maximum atomic E-state index is 3.53. The average molecular weight is 185 g/mol. The van der Waals surface area contributed by atoms with Gasteiger partial charge in [-0.3, -0.25) is 0 Å². The van der Waals surface area contributed by atoms with Gasteiger partial charge in [0.15, 0.2) is 0 Å². The minimum atomic E-state index is 1.02. The molecule has 9 heavy (non-hydrogen) atoms. The lowest BCUT2D eigenvalue weighted by atomic mass is 10.3. The van der Waals surface area contributed by atoms with E-state index in [-0.39, 0.29) is 0 Å². The van der Waals surface area contributed by atoms with Gasteiger partial charge in [0, 0.05) is 17.2 Å². The molecule has 0 spiro atoms. The van der Waals surface area contributed by atoms with Crippen LogP contribution in [0.4, 0.5) is 5.69 Å². The fourth-order valence-corrected chi connectivity index (χ4v) is 0.998. The minimum Gasteiger partial charge on any atom is -0.383 e. The first-order chi connectivity index (χ1) is 4.33. The summed E-state index contributed by atoms with van der Waals surface area (Å²) in [6.07, 6.45) is 0. The fourth-order valence-electron chi connectivity index (χ4n) is 0.598. The molecule has 1 nitrogen and oxygen atoms in total. The highest BCUT2D eigenvalue weighted by atomic mass is 79.9. The van der Waals surface area contributed by atoms with Crippen LogP contribution in [0.5, 0.6) is 0 Å². The second-order valence-electron chi connectivity index (χ2n) is 1.69. The van der Waals surface area contributed by atoms with Crippen LogP contribution in [0.1, 0.15) is 0 Å². The van der Waals surface area contributed by atoms with Gasteiger partial charge in [-0.2, -0.15) is 0 Å². The Morgan fingerprint density at radius 1 is 1.44 bits per heavy atom. The van der Waals surface area contributed by atoms with Crippen molar-refractivity contribution in [2.24, 2.45) is 0 Å². The Balaban J connectivity index is 2.94. The lowest BCUT2D eigenvalue weighted by Crippen LogP contribution is -1.81. The van der Waals surface area contributed by atoms with Crippen molar-refractivity contribution in [1.29, 1.82) is 0 Å². The molecular weight excluding hydrogens is 178 g/mol. The van der Waals surface area contributed by atoms with Gasteiger partial charge in [-0.15, -0.1) is 0 Å². The zero-order valence-electron chi connectivity index (χ0n) is 4.89. The van der Waals surface area contributed by atoms with E-state index in [0.717, 1.165) is 10.2 Å². The van der Waals surface area contributed by atoms with Crippen LogP contribution in [0.25, 0.3) is 0 Å². The molecule has 1 radical (unpaired) electrons. The molecule has 1 rings (SSSR count). The Labute approximate surface area is 63.2 Å². The first kappa shape index (κ1) is 6.62. The van der Waals surface area contributed by atoms with Crippen LogP contribution in [0, 0.1) is 7.05 Å². The highest BCUT2D eigenvalue weighted by Gasteiger charge is 1.86. The van der Waals surface area contributed by atoms with E-state index in [4.69, 9.17) is 0 Å². The molecule has 0 aromatic heterocycles. The molecule has 0 saturated heterocycles. The molecular formula is C7H7BrN. The SMILES string of the molecule is [CH2]Nc1cccc(Br)c1. The van der Waals surface area contributed by atoms with Gasteiger partial charge in [0.25, 0.3) is 0 Å². The summed E-state index contributed by atoms with van der Waals surface area (Å²) < 4.78 is 1.07. The second kappa shape index (κ2) is 2.87. The highest BCUT2D eigenvalue weighted by Crippen LogP contribution is 2.14. The van der Waals surface area contributed by atoms with Crippen molar-refractivity contribution >= 4 is 21.6 Å². The third-order valence-electron chi connectivity index (χ3n) is 1.03. The largest absolute Gasteiger partial charge is 0.383 e. The summed E-state index contributed by atoms with van der Waals surface area (Å²) in [5, 5.41) is 2.79. The van der Waals surface area contributed by atoms with E-state index in [1.807, 2.05) is 24.3 Å². The smallest absolute Gasteiger partial charge is 0.0352 e. The lowest BCUT2D eigenvalue weighted by Gasteiger charge is -1.97. The second-order valence-corrected chi connectivity index (χ2v) is 2.60. The molecule has 1 aromatic carbocycles. The quantitative estimate of drug-likeness (QED) is 0.709. The third kappa shape index (κ3) is 1.72. The molecule has 0 unspecified atom stereocenters. The van der Waals surface area contributed by atoms with E-state index in [2.05, 4.69) is 28.3 Å². The summed E-state index contributed by atoms with van der Waals surface area (Å²) in [5.74, 6) is 0. The van der Waals surface area contributed by atoms with E-state index >= 15 is 0 Å². The van der Waals surface area contributed by atoms with Crippen LogP contribution in [0.2, 0.25) is 0 Å². The maximum absolute atomic E-state index is 3.53. The molecule has 0 atom stereocenters. The molecule has 0 aliphatic carbocycles. The monoisotopic (exact) mass is 184 g/mol. The van der Waals surface area contributed by atoms with Crippen LogP contribution in [-0.4, -0.2) is 0 Å². The number of anilines is 1. The van der Waals surface area contributed by atoms with Crippen LogP contribution < -0.4 is 5.32 Å². The summed E-state index contributed by atoms with van der Waals surface area (Å²) in [7, 11) is 3.53. The fraction of sp³-hybridized carbons (Fsp3) is 0. The predicted octanol–water partition coefficient (Wildman–Crippen LogP) is 2.65. The summed E-state index contributed by atoms with van der Waals surface area (Å²) >= 11 is 3.34. The zero-order chi connectivity index (χ0) is 6.69. The van der Waals surface area contributed by atoms with E-state index in [9.17, 15) is 0 Å². The van der Waals surface area contributed by atoms with Crippen molar-refractivity contribution in [1.82, 2.24) is 0 Å². The molecule has 0 aliphatic heterocycles. The number of rotatable bonds is 1. The van der Waals surface area contributed by atoms with Gasteiger partial charge in [-0.05, 0) is 18.2 Å². The normalized spacial score (nSPS) is 9.11. The van der Waals surface area contributed by atoms with E-state index < -0.39 is 0 Å². The van der Waals surface area contributed by atoms with Gasteiger partial charge in [0.2, 0.25) is 0 Å². The van der Waals surface area contributed by atoms with Gasteiger partial charge in [0.05, 0.1) is 0 Å². The third-order valence-corrected chi connectivity index (χ3v) is 1.52. The Kier molecular flexibility index (Phi) is 2.11. The van der Waals surface area contributed by atoms with Gasteiger partial charge < -0.3 is 5.32 Å². The topological polar surface area (TPSA) is 12.0 Å². The summed E-state index contributed by atoms with van der Waals surface area (Å²) in [5.41, 5.74) is 1.02. The number of benzene rings is 1. The highest BCUT2D eigenvalue weighted by molar-refractivity contribution is 9.10. The van der Waals surface area contributed by atoms with Crippen molar-refractivity contribution in [3.8, 4) is 0 Å². The molecule has 1 N–H and O–H groups in total. The maximum Gasteiger partial charge on any atom is 0.0352 e. The molecule has 1 aromatic rings. The van der Waals surface area contributed by atoms with Gasteiger partial charge >= 0.3 is 0 Å². The Morgan fingerprint density at radius 3 is 2.67 bits per heavy atom. The molecule has 47 valence electrons. The molecule has 0 saturated carbocycles. The summed E-state index contributed by atoms with van der Waals surface area (Å²) in [6.45, 7) is 0. The van der Waals surface area contributed by atoms with Gasteiger partial charge in [-0.1, -0.05) is 22.0 Å². The van der Waals surface area contributed by atoms with Crippen LogP contribution in [-0.2, 0) is 0 Å². The number of hydrogen-bond acceptors (Lipinski definition) is 1. The van der Waals surface area contributed by atoms with Crippen molar-refractivity contribution in [3.05, 3.63) is 35.8 Å². The Morgan fingerprint density at radius 2 is 2.22 bits per heavy atom. The average Bonchev–Trinajstić information content (AvgIpc) is 1.88. The van der Waals surface area contributed by atoms with Crippen molar-refractivity contribution < 1.29 is 0 Å². The molecule has 0 heterocycles. The zero-order valence-corrected chi connectivity index (χ0v) is 6.48. The number of halogens is 1. The molecule has 0 bridgehead atoms. The van der Waals surface area contributed by atoms with Crippen molar-refractivity contribution in [2.75, 3.05) is 5.32 Å². The summed E-state index contributed by atoms with van der Waals surface area (Å²) in [4.78, 5) is 0. The van der Waals surface area contributed by atoms with Crippen molar-refractivity contribution in [2.45, 2.75) is 0 Å². The van der Waals surface area contributed by atoms with E-state index in [0.29, 0.717) is 0 Å². The van der Waals surface area contributed by atoms with E-state index in [1.165, 1.54) is 0 Å². The van der Waals surface area contributed by atoms with Gasteiger partial charge in [0.1, 0.15) is 0 Å². The van der Waals surface area contributed by atoms with Crippen molar-refractivity contribution in [3.63, 3.8) is 0 Å². The van der Waals surface area contributed by atoms with Crippen LogP contribution >= 0.6 is 15.9 Å². The number of hydrogen-bond donors (Lipinski definition) is 1. The first-order valence-corrected chi connectivity index (χ1v) is 3.41. The molecule has 2 heteroatoms. The number of nitrogens with one attached hydrogen (secondary N) is 1. The summed E-state index contributed by atoms with van der Waals surface area (Å²) in [6, 6.07) is 7.85. The Bertz CT molecular complexity index is 198. The standard InChI is InChI=1S/C7H7BrN/c1-9-7-4-2-3-6(8)5-7/h2-5,9H,1H2. The minimum absolute atomic E-state index is 1.02. The molecule has 0 fully saturated rings. The Hall–Kier alpha value is -0.500. The lowest BCUT2D eigenvalue weighted by molar-refractivity contribution is 1.57. The molecule has 0 aliphatic rings. The molecule has 0 amide bonds. The van der Waals surface area contributed by atoms with E-state index in [1.54, 1.807) is 0 Å². The van der Waals surface area contributed by atoms with Gasteiger partial charge in [-0.25, -0.2) is 0 Å². The predicted molar refractivity (Wildman–Crippen MR) is 43.1 cm³/mol. The van der Waals surface area contributed by atoms with Crippen LogP contribution in [0.15, 0.2) is 28.7 Å².